The molecule has 2 nitrogen and oxygen atoms in total. The van der Waals surface area contributed by atoms with Gasteiger partial charge in [0.05, 0.1) is 0 Å². The average Bonchev–Trinajstić information content (AvgIpc) is 2.19. The lowest BCUT2D eigenvalue weighted by molar-refractivity contribution is -0.00943. The van der Waals surface area contributed by atoms with E-state index in [-0.39, 0.29) is 0 Å². The Bertz CT molecular complexity index is 231. The number of hydrogen-bond acceptors (Lipinski definition) is 2. The quantitative estimate of drug-likeness (QED) is 0.713. The first-order valence-electron chi connectivity index (χ1n) is 5.77. The molecule has 0 saturated heterocycles. The molecule has 3 rings (SSSR count). The van der Waals surface area contributed by atoms with Crippen molar-refractivity contribution in [3.63, 3.8) is 0 Å². The first-order chi connectivity index (χ1) is 7.07. The molecule has 0 aliphatic heterocycles. The molecule has 0 aromatic rings. The number of ether oxygens (including phenoxy) is 1. The lowest BCUT2D eigenvalue weighted by atomic mass is 9.48. The fourth-order valence-electron chi connectivity index (χ4n) is 2.89. The molecule has 15 heavy (non-hydrogen) atoms. The SMILES string of the molecule is CC1(C)C2CC=C(CCO)C1C2.COC. The van der Waals surface area contributed by atoms with E-state index in [1.807, 2.05) is 0 Å². The Balaban J connectivity index is 0.000000337. The number of fused-ring (bicyclic) bond motifs is 1. The zero-order valence-corrected chi connectivity index (χ0v) is 10.4. The minimum Gasteiger partial charge on any atom is -0.396 e. The van der Waals surface area contributed by atoms with Crippen LogP contribution in [0.2, 0.25) is 0 Å². The molecule has 3 aliphatic carbocycles. The van der Waals surface area contributed by atoms with Crippen LogP contribution in [0.15, 0.2) is 11.6 Å². The van der Waals surface area contributed by atoms with E-state index in [0.717, 1.165) is 18.3 Å². The van der Waals surface area contributed by atoms with Gasteiger partial charge in [0.25, 0.3) is 0 Å². The summed E-state index contributed by atoms with van der Waals surface area (Å²) in [6.07, 6.45) is 5.89. The lowest BCUT2D eigenvalue weighted by Gasteiger charge is -2.56. The normalized spacial score (nSPS) is 30.9. The molecule has 0 radical (unpaired) electrons. The maximum absolute atomic E-state index is 8.88. The number of rotatable bonds is 2. The van der Waals surface area contributed by atoms with Crippen molar-refractivity contribution in [2.45, 2.75) is 33.1 Å². The maximum Gasteiger partial charge on any atom is 0.0468 e. The number of methoxy groups -OCH3 is 1. The summed E-state index contributed by atoms with van der Waals surface area (Å²) in [5, 5.41) is 8.88. The van der Waals surface area contributed by atoms with Gasteiger partial charge in [-0.15, -0.1) is 0 Å². The summed E-state index contributed by atoms with van der Waals surface area (Å²) in [7, 11) is 3.25. The summed E-state index contributed by atoms with van der Waals surface area (Å²) in [4.78, 5) is 0. The van der Waals surface area contributed by atoms with Gasteiger partial charge in [0.1, 0.15) is 0 Å². The van der Waals surface area contributed by atoms with Gasteiger partial charge < -0.3 is 9.84 Å². The zero-order chi connectivity index (χ0) is 11.5. The monoisotopic (exact) mass is 212 g/mol. The fourth-order valence-corrected chi connectivity index (χ4v) is 2.89. The van der Waals surface area contributed by atoms with Gasteiger partial charge in [-0.3, -0.25) is 0 Å². The molecule has 1 saturated carbocycles. The fraction of sp³-hybridized carbons (Fsp3) is 0.846. The van der Waals surface area contributed by atoms with Gasteiger partial charge in [-0.1, -0.05) is 25.5 Å². The number of hydrogen-bond donors (Lipinski definition) is 1. The average molecular weight is 212 g/mol. The molecule has 2 heteroatoms. The minimum absolute atomic E-state index is 0.322. The Morgan fingerprint density at radius 3 is 2.47 bits per heavy atom. The highest BCUT2D eigenvalue weighted by molar-refractivity contribution is 5.23. The van der Waals surface area contributed by atoms with E-state index in [4.69, 9.17) is 5.11 Å². The van der Waals surface area contributed by atoms with Crippen LogP contribution in [0.3, 0.4) is 0 Å². The van der Waals surface area contributed by atoms with Crippen molar-refractivity contribution in [1.29, 1.82) is 0 Å². The Kier molecular flexibility index (Phi) is 4.35. The van der Waals surface area contributed by atoms with Crippen LogP contribution in [-0.4, -0.2) is 25.9 Å². The molecule has 2 atom stereocenters. The van der Waals surface area contributed by atoms with Gasteiger partial charge in [0, 0.05) is 20.8 Å². The van der Waals surface area contributed by atoms with E-state index in [0.29, 0.717) is 12.0 Å². The van der Waals surface area contributed by atoms with Crippen molar-refractivity contribution >= 4 is 0 Å². The zero-order valence-electron chi connectivity index (χ0n) is 10.4. The maximum atomic E-state index is 8.88. The van der Waals surface area contributed by atoms with Crippen LogP contribution >= 0.6 is 0 Å². The molecule has 0 aromatic carbocycles. The highest BCUT2D eigenvalue weighted by Gasteiger charge is 2.50. The van der Waals surface area contributed by atoms with Gasteiger partial charge in [0.2, 0.25) is 0 Å². The van der Waals surface area contributed by atoms with Crippen molar-refractivity contribution in [2.24, 2.45) is 17.3 Å². The summed E-state index contributed by atoms with van der Waals surface area (Å²) >= 11 is 0. The number of aliphatic hydroxyl groups excluding tert-OH is 1. The highest BCUT2D eigenvalue weighted by Crippen LogP contribution is 2.59. The molecule has 2 bridgehead atoms. The molecule has 0 spiro atoms. The molecular weight excluding hydrogens is 188 g/mol. The standard InChI is InChI=1S/C11H18O.C2H6O/c1-11(2)9-4-3-8(5-6-12)10(11)7-9;1-3-2/h3,9-10,12H,4-7H2,1-2H3;1-2H3. The first kappa shape index (κ1) is 12.7. The van der Waals surface area contributed by atoms with Crippen molar-refractivity contribution in [2.75, 3.05) is 20.8 Å². The topological polar surface area (TPSA) is 29.5 Å². The largest absolute Gasteiger partial charge is 0.396 e. The second-order valence-corrected chi connectivity index (χ2v) is 5.20. The van der Waals surface area contributed by atoms with Gasteiger partial charge in [0.15, 0.2) is 0 Å². The molecule has 0 heterocycles. The third-order valence-electron chi connectivity index (χ3n) is 3.98. The highest BCUT2D eigenvalue weighted by atomic mass is 16.4. The molecule has 0 amide bonds. The first-order valence-corrected chi connectivity index (χ1v) is 5.77. The third-order valence-corrected chi connectivity index (χ3v) is 3.98. The van der Waals surface area contributed by atoms with E-state index < -0.39 is 0 Å². The summed E-state index contributed by atoms with van der Waals surface area (Å²) in [6, 6.07) is 0. The molecule has 0 aromatic heterocycles. The Morgan fingerprint density at radius 2 is 2.07 bits per heavy atom. The van der Waals surface area contributed by atoms with Crippen LogP contribution in [0.4, 0.5) is 0 Å². The van der Waals surface area contributed by atoms with Crippen molar-refractivity contribution < 1.29 is 9.84 Å². The van der Waals surface area contributed by atoms with Crippen LogP contribution in [0.5, 0.6) is 0 Å². The predicted octanol–water partition coefficient (Wildman–Crippen LogP) is 2.62. The van der Waals surface area contributed by atoms with Crippen LogP contribution in [0.25, 0.3) is 0 Å². The smallest absolute Gasteiger partial charge is 0.0468 e. The third kappa shape index (κ3) is 2.43. The van der Waals surface area contributed by atoms with Crippen molar-refractivity contribution in [1.82, 2.24) is 0 Å². The van der Waals surface area contributed by atoms with Gasteiger partial charge in [-0.25, -0.2) is 0 Å². The van der Waals surface area contributed by atoms with Crippen molar-refractivity contribution in [3.8, 4) is 0 Å². The summed E-state index contributed by atoms with van der Waals surface area (Å²) in [5.41, 5.74) is 2.05. The van der Waals surface area contributed by atoms with Crippen LogP contribution in [0.1, 0.15) is 33.1 Å². The number of aliphatic hydroxyl groups is 1. The summed E-state index contributed by atoms with van der Waals surface area (Å²) in [5.74, 6) is 1.70. The van der Waals surface area contributed by atoms with E-state index in [2.05, 4.69) is 24.7 Å². The molecule has 3 aliphatic rings. The van der Waals surface area contributed by atoms with Crippen LogP contribution in [0, 0.1) is 17.3 Å². The molecule has 88 valence electrons. The van der Waals surface area contributed by atoms with E-state index in [9.17, 15) is 0 Å². The lowest BCUT2D eigenvalue weighted by Crippen LogP contribution is -2.48. The molecule has 1 N–H and O–H groups in total. The van der Waals surface area contributed by atoms with Crippen LogP contribution < -0.4 is 0 Å². The van der Waals surface area contributed by atoms with Gasteiger partial charge in [-0.05, 0) is 36.5 Å². The van der Waals surface area contributed by atoms with Crippen molar-refractivity contribution in [3.05, 3.63) is 11.6 Å². The Morgan fingerprint density at radius 1 is 1.47 bits per heavy atom. The van der Waals surface area contributed by atoms with Gasteiger partial charge >= 0.3 is 0 Å². The number of allylic oxidation sites excluding steroid dienone is 1. The molecule has 1 fully saturated rings. The van der Waals surface area contributed by atoms with Crippen LogP contribution in [-0.2, 0) is 4.74 Å². The minimum atomic E-state index is 0.322. The van der Waals surface area contributed by atoms with E-state index >= 15 is 0 Å². The predicted molar refractivity (Wildman–Crippen MR) is 62.7 cm³/mol. The Labute approximate surface area is 93.3 Å². The second-order valence-electron chi connectivity index (χ2n) is 5.20. The Hall–Kier alpha value is -0.340. The summed E-state index contributed by atoms with van der Waals surface area (Å²) in [6.45, 7) is 5.06. The molecular formula is C13H24O2. The van der Waals surface area contributed by atoms with E-state index in [1.54, 1.807) is 14.2 Å². The summed E-state index contributed by atoms with van der Waals surface area (Å²) < 4.78 is 4.25. The second kappa shape index (κ2) is 5.13. The van der Waals surface area contributed by atoms with Gasteiger partial charge in [-0.2, -0.15) is 0 Å². The molecule has 2 unspecified atom stereocenters. The van der Waals surface area contributed by atoms with E-state index in [1.165, 1.54) is 18.4 Å².